The van der Waals surface area contributed by atoms with Crippen molar-refractivity contribution in [1.29, 1.82) is 0 Å². The summed E-state index contributed by atoms with van der Waals surface area (Å²) in [5, 5.41) is 10.8. The zero-order valence-corrected chi connectivity index (χ0v) is 9.04. The standard InChI is InChI=1S/C9H10N4OS/c1-5-4-7(14-12-5)8-10-11-9(15)13(8)6-2-3-6/h4,6H,2-3H2,1H3,(H,11,15). The molecule has 1 aliphatic carbocycles. The molecule has 0 radical (unpaired) electrons. The van der Waals surface area contributed by atoms with Gasteiger partial charge in [0.15, 0.2) is 4.77 Å². The van der Waals surface area contributed by atoms with Gasteiger partial charge in [0.2, 0.25) is 11.6 Å². The predicted octanol–water partition coefficient (Wildman–Crippen LogP) is 2.24. The molecule has 1 fully saturated rings. The molecule has 0 bridgehead atoms. The molecule has 3 rings (SSSR count). The zero-order valence-electron chi connectivity index (χ0n) is 8.23. The van der Waals surface area contributed by atoms with Crippen molar-refractivity contribution in [2.75, 3.05) is 0 Å². The van der Waals surface area contributed by atoms with Crippen molar-refractivity contribution in [3.63, 3.8) is 0 Å². The minimum absolute atomic E-state index is 0.483. The summed E-state index contributed by atoms with van der Waals surface area (Å²) >= 11 is 5.18. The van der Waals surface area contributed by atoms with Crippen LogP contribution in [-0.2, 0) is 0 Å². The number of aromatic amines is 1. The summed E-state index contributed by atoms with van der Waals surface area (Å²) in [6.45, 7) is 1.88. The van der Waals surface area contributed by atoms with Gasteiger partial charge < -0.3 is 4.52 Å². The Labute approximate surface area is 91.1 Å². The molecule has 6 heteroatoms. The molecule has 0 aliphatic heterocycles. The van der Waals surface area contributed by atoms with E-state index < -0.39 is 0 Å². The van der Waals surface area contributed by atoms with Crippen LogP contribution in [0.4, 0.5) is 0 Å². The normalized spacial score (nSPS) is 15.8. The van der Waals surface area contributed by atoms with Crippen molar-refractivity contribution in [1.82, 2.24) is 19.9 Å². The van der Waals surface area contributed by atoms with Crippen LogP contribution in [-0.4, -0.2) is 19.9 Å². The number of hydrogen-bond acceptors (Lipinski definition) is 4. The molecule has 2 aromatic heterocycles. The van der Waals surface area contributed by atoms with E-state index in [0.717, 1.165) is 24.4 Å². The van der Waals surface area contributed by atoms with E-state index in [9.17, 15) is 0 Å². The third-order valence-corrected chi connectivity index (χ3v) is 2.75. The number of H-pyrrole nitrogens is 1. The number of nitrogens with zero attached hydrogens (tertiary/aromatic N) is 3. The molecule has 2 aromatic rings. The van der Waals surface area contributed by atoms with E-state index in [-0.39, 0.29) is 0 Å². The van der Waals surface area contributed by atoms with Crippen LogP contribution in [0.15, 0.2) is 10.6 Å². The molecule has 15 heavy (non-hydrogen) atoms. The number of hydrogen-bond donors (Lipinski definition) is 1. The topological polar surface area (TPSA) is 59.6 Å². The number of aryl methyl sites for hydroxylation is 1. The van der Waals surface area contributed by atoms with Gasteiger partial charge in [0, 0.05) is 12.1 Å². The number of nitrogens with one attached hydrogen (secondary N) is 1. The molecule has 2 heterocycles. The van der Waals surface area contributed by atoms with Crippen LogP contribution in [0.3, 0.4) is 0 Å². The van der Waals surface area contributed by atoms with Gasteiger partial charge in [-0.25, -0.2) is 0 Å². The lowest BCUT2D eigenvalue weighted by Crippen LogP contribution is -1.96. The average molecular weight is 222 g/mol. The van der Waals surface area contributed by atoms with Gasteiger partial charge in [0.05, 0.1) is 5.69 Å². The molecule has 5 nitrogen and oxygen atoms in total. The predicted molar refractivity (Wildman–Crippen MR) is 55.9 cm³/mol. The lowest BCUT2D eigenvalue weighted by molar-refractivity contribution is 0.422. The average Bonchev–Trinajstić information content (AvgIpc) is 2.84. The highest BCUT2D eigenvalue weighted by Crippen LogP contribution is 2.38. The van der Waals surface area contributed by atoms with Crippen molar-refractivity contribution in [2.24, 2.45) is 0 Å². The number of aromatic nitrogens is 4. The van der Waals surface area contributed by atoms with Crippen LogP contribution in [0.1, 0.15) is 24.6 Å². The first-order valence-electron chi connectivity index (χ1n) is 4.86. The monoisotopic (exact) mass is 222 g/mol. The molecule has 0 aromatic carbocycles. The summed E-state index contributed by atoms with van der Waals surface area (Å²) in [5.41, 5.74) is 0.848. The van der Waals surface area contributed by atoms with E-state index in [2.05, 4.69) is 15.4 Å². The van der Waals surface area contributed by atoms with E-state index >= 15 is 0 Å². The first kappa shape index (κ1) is 8.84. The smallest absolute Gasteiger partial charge is 0.204 e. The molecule has 0 atom stereocenters. The molecule has 1 N–H and O–H groups in total. The van der Waals surface area contributed by atoms with Crippen molar-refractivity contribution in [2.45, 2.75) is 25.8 Å². The van der Waals surface area contributed by atoms with Gasteiger partial charge in [0.25, 0.3) is 0 Å². The fourth-order valence-corrected chi connectivity index (χ4v) is 1.90. The fourth-order valence-electron chi connectivity index (χ4n) is 1.62. The summed E-state index contributed by atoms with van der Waals surface area (Å²) in [4.78, 5) is 0. The Balaban J connectivity index is 2.15. The highest BCUT2D eigenvalue weighted by Gasteiger charge is 2.28. The first-order chi connectivity index (χ1) is 7.25. The summed E-state index contributed by atoms with van der Waals surface area (Å²) in [5.74, 6) is 1.43. The van der Waals surface area contributed by atoms with Crippen molar-refractivity contribution < 1.29 is 4.52 Å². The van der Waals surface area contributed by atoms with Crippen molar-refractivity contribution in [3.05, 3.63) is 16.5 Å². The van der Waals surface area contributed by atoms with Crippen LogP contribution in [0.2, 0.25) is 0 Å². The van der Waals surface area contributed by atoms with Crippen molar-refractivity contribution >= 4 is 12.2 Å². The van der Waals surface area contributed by atoms with Gasteiger partial charge in [-0.15, -0.1) is 0 Å². The third kappa shape index (κ3) is 1.41. The van der Waals surface area contributed by atoms with Gasteiger partial charge in [-0.2, -0.15) is 5.10 Å². The minimum atomic E-state index is 0.483. The first-order valence-corrected chi connectivity index (χ1v) is 5.27. The highest BCUT2D eigenvalue weighted by molar-refractivity contribution is 7.71. The largest absolute Gasteiger partial charge is 0.353 e. The van der Waals surface area contributed by atoms with E-state index in [1.165, 1.54) is 0 Å². The highest BCUT2D eigenvalue weighted by atomic mass is 32.1. The van der Waals surface area contributed by atoms with Crippen molar-refractivity contribution in [3.8, 4) is 11.6 Å². The lowest BCUT2D eigenvalue weighted by atomic mass is 10.3. The van der Waals surface area contributed by atoms with Crippen LogP contribution in [0.25, 0.3) is 11.6 Å². The maximum absolute atomic E-state index is 5.18. The van der Waals surface area contributed by atoms with E-state index in [0.29, 0.717) is 16.6 Å². The molecule has 0 saturated heterocycles. The van der Waals surface area contributed by atoms with E-state index in [1.54, 1.807) is 0 Å². The maximum Gasteiger partial charge on any atom is 0.204 e. The van der Waals surface area contributed by atoms with Gasteiger partial charge in [0.1, 0.15) is 0 Å². The maximum atomic E-state index is 5.18. The van der Waals surface area contributed by atoms with Crippen LogP contribution in [0.5, 0.6) is 0 Å². The summed E-state index contributed by atoms with van der Waals surface area (Å²) < 4.78 is 7.85. The second kappa shape index (κ2) is 3.03. The Morgan fingerprint density at radius 2 is 2.40 bits per heavy atom. The lowest BCUT2D eigenvalue weighted by Gasteiger charge is -1.99. The summed E-state index contributed by atoms with van der Waals surface area (Å²) in [6.07, 6.45) is 2.32. The van der Waals surface area contributed by atoms with Crippen LogP contribution < -0.4 is 0 Å². The zero-order chi connectivity index (χ0) is 10.4. The molecule has 1 saturated carbocycles. The molecule has 0 amide bonds. The minimum Gasteiger partial charge on any atom is -0.353 e. The van der Waals surface area contributed by atoms with Gasteiger partial charge in [-0.3, -0.25) is 9.67 Å². The van der Waals surface area contributed by atoms with Gasteiger partial charge >= 0.3 is 0 Å². The quantitative estimate of drug-likeness (QED) is 0.791. The molecule has 0 spiro atoms. The Hall–Kier alpha value is -1.43. The molecule has 0 unspecified atom stereocenters. The summed E-state index contributed by atoms with van der Waals surface area (Å²) in [7, 11) is 0. The van der Waals surface area contributed by atoms with Crippen LogP contribution >= 0.6 is 12.2 Å². The van der Waals surface area contributed by atoms with E-state index in [4.69, 9.17) is 16.7 Å². The Kier molecular flexibility index (Phi) is 1.79. The second-order valence-electron chi connectivity index (χ2n) is 3.79. The third-order valence-electron chi connectivity index (χ3n) is 2.46. The second-order valence-corrected chi connectivity index (χ2v) is 4.17. The molecular formula is C9H10N4OS. The molecule has 78 valence electrons. The van der Waals surface area contributed by atoms with E-state index in [1.807, 2.05) is 17.6 Å². The van der Waals surface area contributed by atoms with Crippen LogP contribution in [0, 0.1) is 11.7 Å². The Morgan fingerprint density at radius 1 is 1.60 bits per heavy atom. The van der Waals surface area contributed by atoms with Gasteiger partial charge in [-0.05, 0) is 32.0 Å². The fraction of sp³-hybridized carbons (Fsp3) is 0.444. The molecular weight excluding hydrogens is 212 g/mol. The Bertz CT molecular complexity index is 548. The molecule has 1 aliphatic rings. The Morgan fingerprint density at radius 3 is 3.00 bits per heavy atom. The SMILES string of the molecule is Cc1cc(-c2n[nH]c(=S)n2C2CC2)on1. The summed E-state index contributed by atoms with van der Waals surface area (Å²) in [6, 6.07) is 2.35. The number of rotatable bonds is 2. The van der Waals surface area contributed by atoms with Gasteiger partial charge in [-0.1, -0.05) is 5.16 Å².